The Balaban J connectivity index is 2.21. The largest absolute Gasteiger partial charge is 0.381 e. The molecule has 1 aromatic carbocycles. The lowest BCUT2D eigenvalue weighted by molar-refractivity contribution is 0.0175. The van der Waals surface area contributed by atoms with Crippen molar-refractivity contribution < 1.29 is 22.3 Å². The molecule has 0 radical (unpaired) electrons. The summed E-state index contributed by atoms with van der Waals surface area (Å²) in [6.45, 7) is 0. The number of methoxy groups -OCH3 is 1. The van der Waals surface area contributed by atoms with Crippen molar-refractivity contribution in [1.82, 2.24) is 5.32 Å². The average molecular weight is 356 g/mol. The molecule has 0 atom stereocenters. The summed E-state index contributed by atoms with van der Waals surface area (Å²) >= 11 is 5.62. The summed E-state index contributed by atoms with van der Waals surface area (Å²) in [5, 5.41) is 2.22. The highest BCUT2D eigenvalue weighted by molar-refractivity contribution is 8.13. The maximum absolute atomic E-state index is 13.8. The van der Waals surface area contributed by atoms with E-state index in [9.17, 15) is 17.6 Å². The summed E-state index contributed by atoms with van der Waals surface area (Å²) in [7, 11) is 2.60. The van der Waals surface area contributed by atoms with E-state index in [0.717, 1.165) is 12.1 Å². The van der Waals surface area contributed by atoms with Crippen LogP contribution in [0.4, 0.5) is 4.39 Å². The van der Waals surface area contributed by atoms with Crippen LogP contribution in [0.2, 0.25) is 5.02 Å². The van der Waals surface area contributed by atoms with Crippen molar-refractivity contribution in [1.29, 1.82) is 0 Å². The van der Waals surface area contributed by atoms with Crippen molar-refractivity contribution in [2.75, 3.05) is 7.11 Å². The standard InChI is InChI=1S/C12H12Cl2FNO4S/c1-20-7-2-6(3-7)16-12(17)8-4-11(21(14,18)19)9(13)5-10(8)15/h4-7H,2-3H2,1H3,(H,16,17). The SMILES string of the molecule is COC1CC(NC(=O)c2cc(S(=O)(=O)Cl)c(Cl)cc2F)C1. The van der Waals surface area contributed by atoms with Gasteiger partial charge in [0.05, 0.1) is 16.7 Å². The molecule has 9 heteroatoms. The summed E-state index contributed by atoms with van der Waals surface area (Å²) in [5.74, 6) is -1.63. The monoisotopic (exact) mass is 355 g/mol. The fraction of sp³-hybridized carbons (Fsp3) is 0.417. The summed E-state index contributed by atoms with van der Waals surface area (Å²) < 4.78 is 41.5. The maximum atomic E-state index is 13.8. The van der Waals surface area contributed by atoms with Gasteiger partial charge in [-0.05, 0) is 25.0 Å². The van der Waals surface area contributed by atoms with E-state index in [4.69, 9.17) is 27.0 Å². The van der Waals surface area contributed by atoms with Crippen molar-refractivity contribution >= 4 is 37.2 Å². The maximum Gasteiger partial charge on any atom is 0.262 e. The topological polar surface area (TPSA) is 72.5 Å². The third-order valence-corrected chi connectivity index (χ3v) is 5.08. The lowest BCUT2D eigenvalue weighted by Gasteiger charge is -2.34. The number of amides is 1. The van der Waals surface area contributed by atoms with Gasteiger partial charge in [0.1, 0.15) is 10.7 Å². The molecule has 5 nitrogen and oxygen atoms in total. The predicted molar refractivity (Wildman–Crippen MR) is 75.7 cm³/mol. The first-order valence-corrected chi connectivity index (χ1v) is 8.68. The second-order valence-corrected chi connectivity index (χ2v) is 7.64. The normalized spacial score (nSPS) is 21.7. The molecule has 1 aromatic rings. The Labute approximate surface area is 130 Å². The third-order valence-electron chi connectivity index (χ3n) is 3.29. The van der Waals surface area contributed by atoms with Crippen LogP contribution >= 0.6 is 22.3 Å². The lowest BCUT2D eigenvalue weighted by atomic mass is 9.89. The van der Waals surface area contributed by atoms with Gasteiger partial charge in [0.25, 0.3) is 15.0 Å². The molecular formula is C12H12Cl2FNO4S. The number of halogens is 3. The average Bonchev–Trinajstić information content (AvgIpc) is 2.31. The molecule has 116 valence electrons. The van der Waals surface area contributed by atoms with Crippen molar-refractivity contribution in [3.05, 3.63) is 28.5 Å². The zero-order valence-corrected chi connectivity index (χ0v) is 13.2. The van der Waals surface area contributed by atoms with Gasteiger partial charge in [-0.25, -0.2) is 12.8 Å². The molecule has 1 saturated carbocycles. The molecule has 1 aliphatic carbocycles. The van der Waals surface area contributed by atoms with Crippen LogP contribution in [0, 0.1) is 5.82 Å². The van der Waals surface area contributed by atoms with Gasteiger partial charge in [-0.2, -0.15) is 0 Å². The molecule has 1 aliphatic rings. The number of benzene rings is 1. The van der Waals surface area contributed by atoms with Crippen LogP contribution in [-0.2, 0) is 13.8 Å². The fourth-order valence-electron chi connectivity index (χ4n) is 2.03. The molecule has 0 aromatic heterocycles. The zero-order valence-electron chi connectivity index (χ0n) is 10.9. The van der Waals surface area contributed by atoms with E-state index in [1.54, 1.807) is 7.11 Å². The summed E-state index contributed by atoms with van der Waals surface area (Å²) in [6.07, 6.45) is 1.32. The fourth-order valence-corrected chi connectivity index (χ4v) is 3.54. The highest BCUT2D eigenvalue weighted by Gasteiger charge is 2.31. The van der Waals surface area contributed by atoms with Gasteiger partial charge in [0.2, 0.25) is 0 Å². The Morgan fingerprint density at radius 1 is 1.43 bits per heavy atom. The Kier molecular flexibility index (Phi) is 4.77. The molecule has 1 N–H and O–H groups in total. The third kappa shape index (κ3) is 3.66. The molecule has 0 unspecified atom stereocenters. The minimum absolute atomic E-state index is 0.0733. The Morgan fingerprint density at radius 3 is 2.57 bits per heavy atom. The molecule has 21 heavy (non-hydrogen) atoms. The van der Waals surface area contributed by atoms with Crippen LogP contribution in [0.1, 0.15) is 23.2 Å². The first kappa shape index (κ1) is 16.5. The lowest BCUT2D eigenvalue weighted by Crippen LogP contribution is -2.47. The van der Waals surface area contributed by atoms with E-state index in [-0.39, 0.29) is 17.2 Å². The summed E-state index contributed by atoms with van der Waals surface area (Å²) in [6, 6.07) is 1.46. The summed E-state index contributed by atoms with van der Waals surface area (Å²) in [4.78, 5) is 11.5. The number of nitrogens with one attached hydrogen (secondary N) is 1. The van der Waals surface area contributed by atoms with Gasteiger partial charge in [0.15, 0.2) is 0 Å². The summed E-state index contributed by atoms with van der Waals surface area (Å²) in [5.41, 5.74) is -0.417. The highest BCUT2D eigenvalue weighted by atomic mass is 35.7. The van der Waals surface area contributed by atoms with Crippen molar-refractivity contribution in [2.45, 2.75) is 29.9 Å². The Hall–Kier alpha value is -0.890. The van der Waals surface area contributed by atoms with Gasteiger partial charge in [-0.3, -0.25) is 4.79 Å². The van der Waals surface area contributed by atoms with Gasteiger partial charge < -0.3 is 10.1 Å². The van der Waals surface area contributed by atoms with Crippen LogP contribution < -0.4 is 5.32 Å². The molecule has 0 bridgehead atoms. The van der Waals surface area contributed by atoms with E-state index < -0.39 is 31.2 Å². The first-order chi connectivity index (χ1) is 9.72. The first-order valence-electron chi connectivity index (χ1n) is 5.99. The smallest absolute Gasteiger partial charge is 0.262 e. The number of carbonyl (C=O) groups is 1. The minimum Gasteiger partial charge on any atom is -0.381 e. The molecule has 0 spiro atoms. The van der Waals surface area contributed by atoms with E-state index in [2.05, 4.69) is 5.32 Å². The van der Waals surface area contributed by atoms with Crippen LogP contribution in [0.5, 0.6) is 0 Å². The minimum atomic E-state index is -4.17. The molecule has 0 heterocycles. The molecule has 1 amide bonds. The number of rotatable bonds is 4. The van der Waals surface area contributed by atoms with Crippen LogP contribution in [0.15, 0.2) is 17.0 Å². The number of hydrogen-bond donors (Lipinski definition) is 1. The molecule has 0 saturated heterocycles. The number of hydrogen-bond acceptors (Lipinski definition) is 4. The molecule has 0 aliphatic heterocycles. The van der Waals surface area contributed by atoms with Gasteiger partial charge in [-0.15, -0.1) is 0 Å². The van der Waals surface area contributed by atoms with Crippen molar-refractivity contribution in [3.63, 3.8) is 0 Å². The number of ether oxygens (including phenoxy) is 1. The van der Waals surface area contributed by atoms with Crippen molar-refractivity contribution in [3.8, 4) is 0 Å². The van der Waals surface area contributed by atoms with Crippen LogP contribution in [-0.4, -0.2) is 33.6 Å². The Morgan fingerprint density at radius 2 is 2.05 bits per heavy atom. The second kappa shape index (κ2) is 6.08. The van der Waals surface area contributed by atoms with E-state index >= 15 is 0 Å². The van der Waals surface area contributed by atoms with Crippen molar-refractivity contribution in [2.24, 2.45) is 0 Å². The van der Waals surface area contributed by atoms with Crippen LogP contribution in [0.25, 0.3) is 0 Å². The van der Waals surface area contributed by atoms with E-state index in [1.807, 2.05) is 0 Å². The van der Waals surface area contributed by atoms with E-state index in [0.29, 0.717) is 12.8 Å². The molecule has 1 fully saturated rings. The van der Waals surface area contributed by atoms with Gasteiger partial charge >= 0.3 is 0 Å². The zero-order chi connectivity index (χ0) is 15.8. The number of carbonyl (C=O) groups excluding carboxylic acids is 1. The molecular weight excluding hydrogens is 344 g/mol. The van der Waals surface area contributed by atoms with E-state index in [1.165, 1.54) is 0 Å². The van der Waals surface area contributed by atoms with Gasteiger partial charge in [-0.1, -0.05) is 11.6 Å². The Bertz CT molecular complexity index is 674. The predicted octanol–water partition coefficient (Wildman–Crippen LogP) is 2.31. The molecule has 2 rings (SSSR count). The highest BCUT2D eigenvalue weighted by Crippen LogP contribution is 2.28. The van der Waals surface area contributed by atoms with Gasteiger partial charge in [0, 0.05) is 23.8 Å². The quantitative estimate of drug-likeness (QED) is 0.841. The second-order valence-electron chi connectivity index (χ2n) is 4.70. The van der Waals surface area contributed by atoms with Crippen LogP contribution in [0.3, 0.4) is 0 Å².